The standard InChI is InChI=1S/C21H25N5O/c1-3-12-27-20-9-8-16(13-24-20)14-25-21(22-2)26-15-17-10-11-23-19-7-5-4-6-18(17)19/h4-11,13H,3,12,14-15H2,1-2H3,(H2,22,25,26). The predicted molar refractivity (Wildman–Crippen MR) is 109 cm³/mol. The second-order valence-electron chi connectivity index (χ2n) is 6.12. The highest BCUT2D eigenvalue weighted by atomic mass is 16.5. The lowest BCUT2D eigenvalue weighted by Gasteiger charge is -2.13. The van der Waals surface area contributed by atoms with Crippen molar-refractivity contribution in [2.24, 2.45) is 4.99 Å². The van der Waals surface area contributed by atoms with Crippen LogP contribution in [0.1, 0.15) is 24.5 Å². The summed E-state index contributed by atoms with van der Waals surface area (Å²) in [6.45, 7) is 4.07. The third kappa shape index (κ3) is 5.17. The molecule has 0 radical (unpaired) electrons. The van der Waals surface area contributed by atoms with E-state index in [4.69, 9.17) is 4.74 Å². The zero-order chi connectivity index (χ0) is 18.9. The number of pyridine rings is 2. The number of rotatable bonds is 7. The predicted octanol–water partition coefficient (Wildman–Crippen LogP) is 3.28. The van der Waals surface area contributed by atoms with Crippen molar-refractivity contribution in [3.63, 3.8) is 0 Å². The van der Waals surface area contributed by atoms with Crippen LogP contribution < -0.4 is 15.4 Å². The molecule has 3 rings (SSSR count). The number of aliphatic imine (C=N–C) groups is 1. The van der Waals surface area contributed by atoms with Gasteiger partial charge in [-0.1, -0.05) is 31.2 Å². The fourth-order valence-corrected chi connectivity index (χ4v) is 2.70. The lowest BCUT2D eigenvalue weighted by molar-refractivity contribution is 0.305. The molecule has 1 aromatic carbocycles. The highest BCUT2D eigenvalue weighted by Crippen LogP contribution is 2.15. The van der Waals surface area contributed by atoms with E-state index in [-0.39, 0.29) is 0 Å². The van der Waals surface area contributed by atoms with E-state index >= 15 is 0 Å². The molecule has 6 heteroatoms. The van der Waals surface area contributed by atoms with E-state index in [1.165, 1.54) is 5.56 Å². The summed E-state index contributed by atoms with van der Waals surface area (Å²) in [5.41, 5.74) is 3.25. The van der Waals surface area contributed by atoms with E-state index in [1.54, 1.807) is 7.05 Å². The van der Waals surface area contributed by atoms with Crippen LogP contribution in [0.25, 0.3) is 10.9 Å². The summed E-state index contributed by atoms with van der Waals surface area (Å²) in [4.78, 5) is 13.0. The first-order chi connectivity index (χ1) is 13.3. The molecule has 2 heterocycles. The topological polar surface area (TPSA) is 71.4 Å². The fourth-order valence-electron chi connectivity index (χ4n) is 2.70. The van der Waals surface area contributed by atoms with Crippen molar-refractivity contribution < 1.29 is 4.74 Å². The van der Waals surface area contributed by atoms with Crippen molar-refractivity contribution in [2.45, 2.75) is 26.4 Å². The minimum atomic E-state index is 0.637. The molecule has 0 aliphatic heterocycles. The number of ether oxygens (including phenoxy) is 1. The Morgan fingerprint density at radius 1 is 1.04 bits per heavy atom. The first-order valence-electron chi connectivity index (χ1n) is 9.15. The monoisotopic (exact) mass is 363 g/mol. The molecule has 0 amide bonds. The molecule has 0 unspecified atom stereocenters. The van der Waals surface area contributed by atoms with Crippen LogP contribution in [0.4, 0.5) is 0 Å². The second-order valence-corrected chi connectivity index (χ2v) is 6.12. The molecule has 140 valence electrons. The molecular formula is C21H25N5O. The van der Waals surface area contributed by atoms with Gasteiger partial charge < -0.3 is 15.4 Å². The summed E-state index contributed by atoms with van der Waals surface area (Å²) >= 11 is 0. The molecule has 0 saturated carbocycles. The van der Waals surface area contributed by atoms with Crippen molar-refractivity contribution >= 4 is 16.9 Å². The van der Waals surface area contributed by atoms with Gasteiger partial charge in [-0.3, -0.25) is 9.98 Å². The quantitative estimate of drug-likeness (QED) is 0.498. The number of para-hydroxylation sites is 1. The summed E-state index contributed by atoms with van der Waals surface area (Å²) in [6, 6.07) is 14.1. The highest BCUT2D eigenvalue weighted by molar-refractivity contribution is 5.83. The van der Waals surface area contributed by atoms with Gasteiger partial charge in [0.15, 0.2) is 5.96 Å². The van der Waals surface area contributed by atoms with Gasteiger partial charge in [0.05, 0.1) is 12.1 Å². The Bertz CT molecular complexity index is 887. The number of nitrogens with one attached hydrogen (secondary N) is 2. The van der Waals surface area contributed by atoms with Gasteiger partial charge in [-0.25, -0.2) is 4.98 Å². The summed E-state index contributed by atoms with van der Waals surface area (Å²) < 4.78 is 5.51. The third-order valence-electron chi connectivity index (χ3n) is 4.12. The van der Waals surface area contributed by atoms with Crippen LogP contribution in [0, 0.1) is 0 Å². The van der Waals surface area contributed by atoms with Gasteiger partial charge in [0.2, 0.25) is 5.88 Å². The lowest BCUT2D eigenvalue weighted by Crippen LogP contribution is -2.36. The summed E-state index contributed by atoms with van der Waals surface area (Å²) in [7, 11) is 1.76. The first kappa shape index (κ1) is 18.6. The van der Waals surface area contributed by atoms with Crippen LogP contribution in [0.15, 0.2) is 59.9 Å². The SMILES string of the molecule is CCCOc1ccc(CNC(=NC)NCc2ccnc3ccccc23)cn1. The molecule has 0 atom stereocenters. The van der Waals surface area contributed by atoms with E-state index in [0.29, 0.717) is 25.6 Å². The van der Waals surface area contributed by atoms with Gasteiger partial charge in [-0.15, -0.1) is 0 Å². The molecule has 0 aliphatic carbocycles. The number of nitrogens with zero attached hydrogens (tertiary/aromatic N) is 3. The van der Waals surface area contributed by atoms with Gasteiger partial charge in [-0.2, -0.15) is 0 Å². The highest BCUT2D eigenvalue weighted by Gasteiger charge is 2.04. The van der Waals surface area contributed by atoms with E-state index in [9.17, 15) is 0 Å². The molecule has 3 aromatic rings. The second kappa shape index (κ2) is 9.52. The number of benzene rings is 1. The van der Waals surface area contributed by atoms with Crippen LogP contribution in [0.5, 0.6) is 5.88 Å². The Morgan fingerprint density at radius 2 is 1.89 bits per heavy atom. The van der Waals surface area contributed by atoms with E-state index in [1.807, 2.05) is 48.8 Å². The number of guanidine groups is 1. The van der Waals surface area contributed by atoms with Gasteiger partial charge in [0, 0.05) is 44.0 Å². The number of hydrogen-bond donors (Lipinski definition) is 2. The zero-order valence-electron chi connectivity index (χ0n) is 15.8. The maximum atomic E-state index is 5.51. The van der Waals surface area contributed by atoms with E-state index in [0.717, 1.165) is 28.8 Å². The third-order valence-corrected chi connectivity index (χ3v) is 4.12. The van der Waals surface area contributed by atoms with E-state index in [2.05, 4.69) is 38.6 Å². The molecule has 0 saturated heterocycles. The van der Waals surface area contributed by atoms with Gasteiger partial charge in [0.25, 0.3) is 0 Å². The Morgan fingerprint density at radius 3 is 2.67 bits per heavy atom. The van der Waals surface area contributed by atoms with Gasteiger partial charge in [-0.05, 0) is 29.7 Å². The molecule has 2 N–H and O–H groups in total. The Kier molecular flexibility index (Phi) is 6.57. The smallest absolute Gasteiger partial charge is 0.213 e. The normalized spacial score (nSPS) is 11.4. The molecule has 2 aromatic heterocycles. The van der Waals surface area contributed by atoms with E-state index < -0.39 is 0 Å². The number of hydrogen-bond acceptors (Lipinski definition) is 4. The maximum Gasteiger partial charge on any atom is 0.213 e. The van der Waals surface area contributed by atoms with Crippen LogP contribution in [0.2, 0.25) is 0 Å². The van der Waals surface area contributed by atoms with Crippen LogP contribution in [-0.4, -0.2) is 29.6 Å². The van der Waals surface area contributed by atoms with Crippen molar-refractivity contribution in [1.29, 1.82) is 0 Å². The largest absolute Gasteiger partial charge is 0.478 e. The van der Waals surface area contributed by atoms with Crippen molar-refractivity contribution in [1.82, 2.24) is 20.6 Å². The van der Waals surface area contributed by atoms with Crippen molar-refractivity contribution in [3.8, 4) is 5.88 Å². The van der Waals surface area contributed by atoms with Gasteiger partial charge in [0.1, 0.15) is 0 Å². The van der Waals surface area contributed by atoms with Crippen LogP contribution in [0.3, 0.4) is 0 Å². The average Bonchev–Trinajstić information content (AvgIpc) is 2.73. The summed E-state index contributed by atoms with van der Waals surface area (Å²) in [6.07, 6.45) is 4.63. The number of aromatic nitrogens is 2. The average molecular weight is 363 g/mol. The molecular weight excluding hydrogens is 338 g/mol. The molecule has 0 fully saturated rings. The minimum Gasteiger partial charge on any atom is -0.478 e. The Labute approximate surface area is 159 Å². The Hall–Kier alpha value is -3.15. The van der Waals surface area contributed by atoms with Crippen LogP contribution >= 0.6 is 0 Å². The minimum absolute atomic E-state index is 0.637. The molecule has 0 aliphatic rings. The fraction of sp³-hybridized carbons (Fsp3) is 0.286. The maximum absolute atomic E-state index is 5.51. The number of fused-ring (bicyclic) bond motifs is 1. The van der Waals surface area contributed by atoms with Crippen molar-refractivity contribution in [2.75, 3.05) is 13.7 Å². The molecule has 0 spiro atoms. The Balaban J connectivity index is 1.55. The summed E-state index contributed by atoms with van der Waals surface area (Å²) in [5, 5.41) is 7.81. The lowest BCUT2D eigenvalue weighted by atomic mass is 10.1. The van der Waals surface area contributed by atoms with Crippen LogP contribution in [-0.2, 0) is 13.1 Å². The molecule has 0 bridgehead atoms. The summed E-state index contributed by atoms with van der Waals surface area (Å²) in [5.74, 6) is 1.40. The first-order valence-corrected chi connectivity index (χ1v) is 9.15. The van der Waals surface area contributed by atoms with Crippen molar-refractivity contribution in [3.05, 3.63) is 66.0 Å². The van der Waals surface area contributed by atoms with Gasteiger partial charge >= 0.3 is 0 Å². The molecule has 6 nitrogen and oxygen atoms in total. The zero-order valence-corrected chi connectivity index (χ0v) is 15.8. The molecule has 27 heavy (non-hydrogen) atoms.